The van der Waals surface area contributed by atoms with Crippen LogP contribution in [-0.4, -0.2) is 39.0 Å². The molecule has 3 rings (SSSR count). The molecule has 2 aromatic rings. The molecule has 2 aromatic heterocycles. The number of amides is 1. The maximum absolute atomic E-state index is 12.6. The lowest BCUT2D eigenvalue weighted by Crippen LogP contribution is -2.40. The Morgan fingerprint density at radius 2 is 2.30 bits per heavy atom. The first-order valence-corrected chi connectivity index (χ1v) is 8.93. The minimum atomic E-state index is 0.131. The van der Waals surface area contributed by atoms with Gasteiger partial charge in [0.05, 0.1) is 23.0 Å². The predicted molar refractivity (Wildman–Crippen MR) is 87.5 cm³/mol. The minimum Gasteiger partial charge on any atom is -0.342 e. The highest BCUT2D eigenvalue weighted by Crippen LogP contribution is 2.26. The van der Waals surface area contributed by atoms with Gasteiger partial charge in [-0.1, -0.05) is 19.0 Å². The highest BCUT2D eigenvalue weighted by molar-refractivity contribution is 7.09. The second-order valence-corrected chi connectivity index (χ2v) is 7.26. The van der Waals surface area contributed by atoms with Gasteiger partial charge in [0.1, 0.15) is 0 Å². The van der Waals surface area contributed by atoms with Gasteiger partial charge in [-0.05, 0) is 19.8 Å². The predicted octanol–water partition coefficient (Wildman–Crippen LogP) is 2.91. The number of piperidine rings is 1. The van der Waals surface area contributed by atoms with Crippen LogP contribution in [0, 0.1) is 6.92 Å². The fourth-order valence-electron chi connectivity index (χ4n) is 2.82. The molecule has 3 heterocycles. The Labute approximate surface area is 139 Å². The Bertz CT molecular complexity index is 679. The lowest BCUT2D eigenvalue weighted by Gasteiger charge is -2.30. The van der Waals surface area contributed by atoms with Crippen molar-refractivity contribution in [1.29, 1.82) is 0 Å². The maximum Gasteiger partial charge on any atom is 0.231 e. The van der Waals surface area contributed by atoms with E-state index in [9.17, 15) is 4.79 Å². The summed E-state index contributed by atoms with van der Waals surface area (Å²) in [6.07, 6.45) is 2.32. The molecular formula is C16H22N4O2S. The monoisotopic (exact) mass is 334 g/mol. The van der Waals surface area contributed by atoms with Gasteiger partial charge in [-0.2, -0.15) is 4.98 Å². The van der Waals surface area contributed by atoms with Crippen molar-refractivity contribution in [2.45, 2.75) is 51.9 Å². The molecule has 1 saturated heterocycles. The summed E-state index contributed by atoms with van der Waals surface area (Å²) in [7, 11) is 0. The summed E-state index contributed by atoms with van der Waals surface area (Å²) in [4.78, 5) is 23.3. The largest absolute Gasteiger partial charge is 0.342 e. The first-order chi connectivity index (χ1) is 11.0. The topological polar surface area (TPSA) is 72.1 Å². The highest BCUT2D eigenvalue weighted by Gasteiger charge is 2.28. The number of hydrogen-bond donors (Lipinski definition) is 0. The molecule has 1 amide bonds. The van der Waals surface area contributed by atoms with Crippen LogP contribution in [-0.2, 0) is 11.2 Å². The summed E-state index contributed by atoms with van der Waals surface area (Å²) >= 11 is 1.63. The van der Waals surface area contributed by atoms with Crippen LogP contribution in [0.3, 0.4) is 0 Å². The molecule has 0 aromatic carbocycles. The molecule has 0 saturated carbocycles. The van der Waals surface area contributed by atoms with Gasteiger partial charge in [-0.25, -0.2) is 4.98 Å². The first-order valence-electron chi connectivity index (χ1n) is 8.05. The zero-order valence-electron chi connectivity index (χ0n) is 13.8. The van der Waals surface area contributed by atoms with Crippen molar-refractivity contribution >= 4 is 17.2 Å². The summed E-state index contributed by atoms with van der Waals surface area (Å²) < 4.78 is 5.27. The van der Waals surface area contributed by atoms with Crippen LogP contribution in [0.25, 0.3) is 0 Å². The van der Waals surface area contributed by atoms with Crippen molar-refractivity contribution in [3.8, 4) is 0 Å². The molecule has 6 nitrogen and oxygen atoms in total. The fraction of sp³-hybridized carbons (Fsp3) is 0.625. The van der Waals surface area contributed by atoms with E-state index >= 15 is 0 Å². The van der Waals surface area contributed by atoms with Crippen LogP contribution < -0.4 is 0 Å². The average molecular weight is 334 g/mol. The van der Waals surface area contributed by atoms with Gasteiger partial charge < -0.3 is 9.42 Å². The number of rotatable bonds is 4. The number of likely N-dealkylation sites (tertiary alicyclic amines) is 1. The van der Waals surface area contributed by atoms with Crippen LogP contribution in [0.4, 0.5) is 0 Å². The number of hydrogen-bond acceptors (Lipinski definition) is 6. The number of carbonyl (C=O) groups excluding carboxylic acids is 1. The molecule has 1 aliphatic rings. The van der Waals surface area contributed by atoms with Crippen molar-refractivity contribution < 1.29 is 9.32 Å². The molecule has 1 aliphatic heterocycles. The molecule has 124 valence electrons. The van der Waals surface area contributed by atoms with Gasteiger partial charge in [-0.15, -0.1) is 11.3 Å². The van der Waals surface area contributed by atoms with E-state index in [0.29, 0.717) is 30.6 Å². The molecule has 0 unspecified atom stereocenters. The van der Waals surface area contributed by atoms with Crippen molar-refractivity contribution in [2.75, 3.05) is 13.1 Å². The standard InChI is InChI=1S/C16H22N4O2S/c1-10(2)16-18-13(9-23-16)7-14(21)20-6-4-5-12(8-20)15-17-11(3)19-22-15/h9-10,12H,4-8H2,1-3H3/t12-/m0/s1. The van der Waals surface area contributed by atoms with E-state index in [-0.39, 0.29) is 11.8 Å². The molecule has 0 bridgehead atoms. The molecule has 7 heteroatoms. The lowest BCUT2D eigenvalue weighted by molar-refractivity contribution is -0.131. The zero-order valence-corrected chi connectivity index (χ0v) is 14.6. The second-order valence-electron chi connectivity index (χ2n) is 6.37. The molecule has 0 spiro atoms. The summed E-state index contributed by atoms with van der Waals surface area (Å²) in [6, 6.07) is 0. The average Bonchev–Trinajstić information content (AvgIpc) is 3.16. The van der Waals surface area contributed by atoms with Gasteiger partial charge in [0.25, 0.3) is 0 Å². The smallest absolute Gasteiger partial charge is 0.231 e. The fourth-order valence-corrected chi connectivity index (χ4v) is 3.65. The van der Waals surface area contributed by atoms with Crippen molar-refractivity contribution in [2.24, 2.45) is 0 Å². The van der Waals surface area contributed by atoms with Crippen molar-refractivity contribution in [1.82, 2.24) is 20.0 Å². The number of aryl methyl sites for hydroxylation is 1. The number of nitrogens with zero attached hydrogens (tertiary/aromatic N) is 4. The Hall–Kier alpha value is -1.76. The highest BCUT2D eigenvalue weighted by atomic mass is 32.1. The van der Waals surface area contributed by atoms with Crippen LogP contribution in [0.1, 0.15) is 60.9 Å². The van der Waals surface area contributed by atoms with E-state index < -0.39 is 0 Å². The van der Waals surface area contributed by atoms with E-state index in [1.165, 1.54) is 0 Å². The van der Waals surface area contributed by atoms with Gasteiger partial charge in [0, 0.05) is 24.4 Å². The molecule has 23 heavy (non-hydrogen) atoms. The van der Waals surface area contributed by atoms with Crippen LogP contribution >= 0.6 is 11.3 Å². The van der Waals surface area contributed by atoms with Crippen molar-refractivity contribution in [3.63, 3.8) is 0 Å². The molecule has 0 N–H and O–H groups in total. The van der Waals surface area contributed by atoms with E-state index in [1.807, 2.05) is 17.2 Å². The Kier molecular flexibility index (Phi) is 4.75. The van der Waals surface area contributed by atoms with Crippen LogP contribution in [0.5, 0.6) is 0 Å². The van der Waals surface area contributed by atoms with E-state index in [0.717, 1.165) is 30.1 Å². The van der Waals surface area contributed by atoms with Crippen molar-refractivity contribution in [3.05, 3.63) is 27.8 Å². The zero-order chi connectivity index (χ0) is 16.4. The molecule has 1 atom stereocenters. The Morgan fingerprint density at radius 3 is 2.96 bits per heavy atom. The summed E-state index contributed by atoms with van der Waals surface area (Å²) in [5.41, 5.74) is 0.874. The number of carbonyl (C=O) groups is 1. The van der Waals surface area contributed by atoms with Gasteiger partial charge >= 0.3 is 0 Å². The summed E-state index contributed by atoms with van der Waals surface area (Å²) in [5, 5.41) is 6.94. The molecular weight excluding hydrogens is 312 g/mol. The first kappa shape index (κ1) is 16.1. The molecule has 0 aliphatic carbocycles. The summed E-state index contributed by atoms with van der Waals surface area (Å²) in [6.45, 7) is 7.50. The molecule has 1 fully saturated rings. The van der Waals surface area contributed by atoms with Gasteiger partial charge in [0.2, 0.25) is 11.8 Å². The minimum absolute atomic E-state index is 0.131. The quantitative estimate of drug-likeness (QED) is 0.859. The third-order valence-electron chi connectivity index (χ3n) is 4.06. The Morgan fingerprint density at radius 1 is 1.48 bits per heavy atom. The third kappa shape index (κ3) is 3.77. The van der Waals surface area contributed by atoms with Crippen LogP contribution in [0.2, 0.25) is 0 Å². The second kappa shape index (κ2) is 6.78. The summed E-state index contributed by atoms with van der Waals surface area (Å²) in [5.74, 6) is 1.98. The third-order valence-corrected chi connectivity index (χ3v) is 5.26. The number of aromatic nitrogens is 3. The normalized spacial score (nSPS) is 18.6. The van der Waals surface area contributed by atoms with Gasteiger partial charge in [-0.3, -0.25) is 4.79 Å². The maximum atomic E-state index is 12.6. The Balaban J connectivity index is 1.62. The van der Waals surface area contributed by atoms with Crippen LogP contribution in [0.15, 0.2) is 9.90 Å². The molecule has 0 radical (unpaired) electrons. The number of thiazole rings is 1. The van der Waals surface area contributed by atoms with Gasteiger partial charge in [0.15, 0.2) is 5.82 Å². The van der Waals surface area contributed by atoms with E-state index in [2.05, 4.69) is 29.0 Å². The van der Waals surface area contributed by atoms with E-state index in [1.54, 1.807) is 11.3 Å². The SMILES string of the molecule is Cc1noc([C@H]2CCCN(C(=O)Cc3csc(C(C)C)n3)C2)n1. The lowest BCUT2D eigenvalue weighted by atomic mass is 9.97. The van der Waals surface area contributed by atoms with E-state index in [4.69, 9.17) is 4.52 Å².